The van der Waals surface area contributed by atoms with E-state index in [4.69, 9.17) is 0 Å². The summed E-state index contributed by atoms with van der Waals surface area (Å²) < 4.78 is 30.2. The van der Waals surface area contributed by atoms with E-state index >= 15 is 8.78 Å². The van der Waals surface area contributed by atoms with Gasteiger partial charge in [-0.3, -0.25) is 0 Å². The minimum atomic E-state index is -0.594. The maximum atomic E-state index is 15.2. The van der Waals surface area contributed by atoms with Crippen LogP contribution < -0.4 is 0 Å². The Morgan fingerprint density at radius 2 is 0.647 bits per heavy atom. The third-order valence-electron chi connectivity index (χ3n) is 11.8. The summed E-state index contributed by atoms with van der Waals surface area (Å²) in [5.41, 5.74) is 4.65. The molecular weight excluding hydrogens is 847 g/mol. The summed E-state index contributed by atoms with van der Waals surface area (Å²) in [7, 11) is 0. The number of hydrogen-bond donors (Lipinski definition) is 0. The van der Waals surface area contributed by atoms with Crippen molar-refractivity contribution >= 4 is 44.6 Å². The SMILES string of the molecule is N#CC1=C(c2ccccc2)/C(=C(/C#N)c2cc(C#N)cc(C#N)c2)c2c1c(-c1ccc(F)cc1)c1c(c2-c2ccc(F)cc2)/C(=C(\C#N)c2cc(C#N)cc(C#N)c2)C(c2ccccc2)=C1C#N. The van der Waals surface area contributed by atoms with Crippen molar-refractivity contribution < 1.29 is 8.78 Å². The molecule has 310 valence electrons. The van der Waals surface area contributed by atoms with E-state index in [9.17, 15) is 42.1 Å². The van der Waals surface area contributed by atoms with Crippen LogP contribution in [0.2, 0.25) is 0 Å². The Hall–Kier alpha value is -10.7. The molecule has 0 spiro atoms. The van der Waals surface area contributed by atoms with Crippen LogP contribution in [0.3, 0.4) is 0 Å². The smallest absolute Gasteiger partial charge is 0.123 e. The van der Waals surface area contributed by atoms with Gasteiger partial charge < -0.3 is 0 Å². The van der Waals surface area contributed by atoms with Gasteiger partial charge in [0, 0.05) is 50.1 Å². The van der Waals surface area contributed by atoms with Gasteiger partial charge in [0.2, 0.25) is 0 Å². The fourth-order valence-electron chi connectivity index (χ4n) is 9.15. The van der Waals surface area contributed by atoms with Gasteiger partial charge in [-0.05, 0) is 99.6 Å². The lowest BCUT2D eigenvalue weighted by Gasteiger charge is -2.24. The lowest BCUT2D eigenvalue weighted by atomic mass is 9.77. The fourth-order valence-corrected chi connectivity index (χ4v) is 9.15. The van der Waals surface area contributed by atoms with Crippen LogP contribution in [0, 0.1) is 102 Å². The van der Waals surface area contributed by atoms with Gasteiger partial charge in [0.05, 0.1) is 68.8 Å². The van der Waals surface area contributed by atoms with E-state index in [1.807, 2.05) is 0 Å². The maximum Gasteiger partial charge on any atom is 0.123 e. The van der Waals surface area contributed by atoms with Crippen LogP contribution in [0.25, 0.3) is 66.8 Å². The number of fused-ring (bicyclic) bond motifs is 2. The van der Waals surface area contributed by atoms with Crippen LogP contribution >= 0.6 is 0 Å². The monoisotopic (exact) mass is 870 g/mol. The molecule has 2 aliphatic rings. The molecule has 68 heavy (non-hydrogen) atoms. The van der Waals surface area contributed by atoms with Gasteiger partial charge in [-0.15, -0.1) is 0 Å². The average molecular weight is 871 g/mol. The van der Waals surface area contributed by atoms with Crippen molar-refractivity contribution in [3.8, 4) is 70.8 Å². The van der Waals surface area contributed by atoms with Crippen LogP contribution in [0.1, 0.15) is 66.8 Å². The van der Waals surface area contributed by atoms with Crippen molar-refractivity contribution in [2.45, 2.75) is 0 Å². The predicted molar refractivity (Wildman–Crippen MR) is 252 cm³/mol. The number of benzene rings is 7. The second-order valence-electron chi connectivity index (χ2n) is 15.5. The number of rotatable bonds is 6. The van der Waals surface area contributed by atoms with Crippen LogP contribution in [-0.4, -0.2) is 0 Å². The molecule has 10 heteroatoms. The second kappa shape index (κ2) is 17.4. The normalized spacial score (nSPS) is 13.6. The van der Waals surface area contributed by atoms with Crippen molar-refractivity contribution in [1.29, 1.82) is 42.1 Å². The Balaban J connectivity index is 1.65. The Bertz CT molecular complexity index is 3590. The van der Waals surface area contributed by atoms with Gasteiger partial charge in [0.1, 0.15) is 35.9 Å². The summed E-state index contributed by atoms with van der Waals surface area (Å²) in [6.07, 6.45) is 0. The van der Waals surface area contributed by atoms with Gasteiger partial charge in [0.25, 0.3) is 0 Å². The maximum absolute atomic E-state index is 15.2. The van der Waals surface area contributed by atoms with Crippen LogP contribution in [0.5, 0.6) is 0 Å². The van der Waals surface area contributed by atoms with Crippen molar-refractivity contribution in [2.75, 3.05) is 0 Å². The zero-order valence-electron chi connectivity index (χ0n) is 35.2. The highest BCUT2D eigenvalue weighted by Crippen LogP contribution is 2.63. The van der Waals surface area contributed by atoms with Gasteiger partial charge in [-0.1, -0.05) is 84.9 Å². The zero-order chi connectivity index (χ0) is 47.6. The highest BCUT2D eigenvalue weighted by Gasteiger charge is 2.44. The largest absolute Gasteiger partial charge is 0.207 e. The average Bonchev–Trinajstić information content (AvgIpc) is 3.90. The van der Waals surface area contributed by atoms with E-state index in [0.29, 0.717) is 22.3 Å². The first-order chi connectivity index (χ1) is 33.2. The summed E-state index contributed by atoms with van der Waals surface area (Å²) >= 11 is 0. The highest BCUT2D eigenvalue weighted by molar-refractivity contribution is 6.39. The van der Waals surface area contributed by atoms with Crippen molar-refractivity contribution in [2.24, 2.45) is 0 Å². The number of halogens is 2. The van der Waals surface area contributed by atoms with Crippen LogP contribution in [0.15, 0.2) is 146 Å². The number of allylic oxidation sites excluding steroid dienone is 8. The van der Waals surface area contributed by atoms with Gasteiger partial charge >= 0.3 is 0 Å². The van der Waals surface area contributed by atoms with Gasteiger partial charge in [-0.2, -0.15) is 42.1 Å². The molecule has 0 saturated heterocycles. The molecule has 0 amide bonds. The quantitative estimate of drug-likeness (QED) is 0.147. The van der Waals surface area contributed by atoms with Crippen LogP contribution in [0.4, 0.5) is 8.78 Å². The molecule has 0 aliphatic heterocycles. The van der Waals surface area contributed by atoms with Crippen LogP contribution in [-0.2, 0) is 0 Å². The van der Waals surface area contributed by atoms with E-state index in [1.54, 1.807) is 60.7 Å². The summed E-state index contributed by atoms with van der Waals surface area (Å²) in [6, 6.07) is 54.9. The topological polar surface area (TPSA) is 190 Å². The Labute approximate surface area is 388 Å². The van der Waals surface area contributed by atoms with E-state index in [1.165, 1.54) is 84.9 Å². The molecule has 8 nitrogen and oxygen atoms in total. The van der Waals surface area contributed by atoms with E-state index < -0.39 is 11.6 Å². The van der Waals surface area contributed by atoms with Crippen molar-refractivity contribution in [3.05, 3.63) is 224 Å². The van der Waals surface area contributed by atoms with E-state index in [0.717, 1.165) is 0 Å². The van der Waals surface area contributed by atoms with Crippen molar-refractivity contribution in [3.63, 3.8) is 0 Å². The molecule has 0 fully saturated rings. The van der Waals surface area contributed by atoms with Crippen molar-refractivity contribution in [1.82, 2.24) is 0 Å². The Kier molecular flexibility index (Phi) is 10.9. The number of nitrogens with zero attached hydrogens (tertiary/aromatic N) is 8. The molecule has 7 aromatic rings. The highest BCUT2D eigenvalue weighted by atomic mass is 19.1. The lowest BCUT2D eigenvalue weighted by molar-refractivity contribution is 0.627. The van der Waals surface area contributed by atoms with E-state index in [2.05, 4.69) is 48.6 Å². The van der Waals surface area contributed by atoms with Gasteiger partial charge in [-0.25, -0.2) is 8.78 Å². The fraction of sp³-hybridized carbons (Fsp3) is 0. The third-order valence-corrected chi connectivity index (χ3v) is 11.8. The molecule has 0 radical (unpaired) electrons. The molecule has 0 saturated carbocycles. The third kappa shape index (κ3) is 6.93. The minimum Gasteiger partial charge on any atom is -0.207 e. The number of nitriles is 8. The lowest BCUT2D eigenvalue weighted by Crippen LogP contribution is -2.05. The molecule has 2 aliphatic carbocycles. The first-order valence-electron chi connectivity index (χ1n) is 20.6. The predicted octanol–water partition coefficient (Wildman–Crippen LogP) is 12.6. The number of hydrogen-bond acceptors (Lipinski definition) is 8. The summed E-state index contributed by atoms with van der Waals surface area (Å²) in [5.74, 6) is -1.17. The summed E-state index contributed by atoms with van der Waals surface area (Å²) in [6.45, 7) is 0. The molecule has 9 rings (SSSR count). The molecule has 0 heterocycles. The zero-order valence-corrected chi connectivity index (χ0v) is 35.2. The standard InChI is InChI=1S/C58H24F2N8/c59-43-15-11-39(12-16-43)51-55-47(31-67)49(37-7-3-1-4-8-37)53(45(29-65)41-21-33(25-61)19-34(22-41)26-62)57(55)52(40-13-17-44(60)18-14-40)58-54(46(30-66)42-23-35(27-63)20-36(24-42)28-64)50(48(32-68)56(51)58)38-9-5-2-6-10-38/h1-24H/b53-45+,54-46+. The Morgan fingerprint density at radius 3 is 0.941 bits per heavy atom. The molecule has 0 aromatic heterocycles. The first kappa shape index (κ1) is 42.6. The second-order valence-corrected chi connectivity index (χ2v) is 15.5. The molecular formula is C58H24F2N8. The molecule has 0 bridgehead atoms. The Morgan fingerprint density at radius 1 is 0.324 bits per heavy atom. The minimum absolute atomic E-state index is 0.0493. The molecule has 0 N–H and O–H groups in total. The first-order valence-corrected chi connectivity index (χ1v) is 20.6. The van der Waals surface area contributed by atoms with Gasteiger partial charge in [0.15, 0.2) is 0 Å². The molecule has 0 unspecified atom stereocenters. The summed E-state index contributed by atoms with van der Waals surface area (Å²) in [4.78, 5) is 0. The molecule has 0 atom stereocenters. The molecule has 7 aromatic carbocycles. The summed E-state index contributed by atoms with van der Waals surface area (Å²) in [5, 5.41) is 86.7. The van der Waals surface area contributed by atoms with E-state index in [-0.39, 0.29) is 111 Å².